The molecule has 1 unspecified atom stereocenters. The van der Waals surface area contributed by atoms with Gasteiger partial charge in [0.1, 0.15) is 0 Å². The van der Waals surface area contributed by atoms with Crippen molar-refractivity contribution in [3.8, 4) is 0 Å². The van der Waals surface area contributed by atoms with Gasteiger partial charge in [0.15, 0.2) is 11.6 Å². The van der Waals surface area contributed by atoms with Crippen LogP contribution in [-0.2, 0) is 6.42 Å². The molecule has 2 aromatic rings. The maximum Gasteiger partial charge on any atom is 0.162 e. The second kappa shape index (κ2) is 6.41. The molecule has 102 valence electrons. The van der Waals surface area contributed by atoms with Gasteiger partial charge >= 0.3 is 0 Å². The molecule has 0 saturated heterocycles. The van der Waals surface area contributed by atoms with Crippen LogP contribution in [0, 0.1) is 11.6 Å². The summed E-state index contributed by atoms with van der Waals surface area (Å²) in [6, 6.07) is 5.74. The summed E-state index contributed by atoms with van der Waals surface area (Å²) in [6.45, 7) is 0. The summed E-state index contributed by atoms with van der Waals surface area (Å²) >= 11 is 8.31. The minimum Gasteiger partial charge on any atom is -0.271 e. The van der Waals surface area contributed by atoms with Gasteiger partial charge in [-0.25, -0.2) is 8.78 Å². The Morgan fingerprint density at radius 3 is 2.63 bits per heavy atom. The lowest BCUT2D eigenvalue weighted by Gasteiger charge is -2.16. The molecular formula is C12H10Br2F2N2S. The molecule has 7 heteroatoms. The summed E-state index contributed by atoms with van der Waals surface area (Å²) in [5.74, 6) is 3.85. The van der Waals surface area contributed by atoms with Crippen LogP contribution >= 0.6 is 43.2 Å². The van der Waals surface area contributed by atoms with Crippen LogP contribution in [-0.4, -0.2) is 0 Å². The van der Waals surface area contributed by atoms with Crippen LogP contribution in [0.5, 0.6) is 0 Å². The van der Waals surface area contributed by atoms with E-state index in [4.69, 9.17) is 5.84 Å². The first-order chi connectivity index (χ1) is 9.02. The maximum absolute atomic E-state index is 13.7. The third kappa shape index (κ3) is 3.41. The van der Waals surface area contributed by atoms with Gasteiger partial charge in [0.2, 0.25) is 0 Å². The zero-order valence-corrected chi connectivity index (χ0v) is 13.6. The molecule has 1 atom stereocenters. The number of nitrogens with two attached hydrogens (primary N) is 1. The molecule has 1 aromatic carbocycles. The zero-order valence-electron chi connectivity index (χ0n) is 9.59. The Morgan fingerprint density at radius 1 is 1.32 bits per heavy atom. The molecule has 2 nitrogen and oxygen atoms in total. The molecule has 1 aromatic heterocycles. The molecule has 0 aliphatic rings. The second-order valence-corrected chi connectivity index (χ2v) is 7.67. The van der Waals surface area contributed by atoms with Gasteiger partial charge in [-0.15, -0.1) is 11.3 Å². The van der Waals surface area contributed by atoms with E-state index < -0.39 is 11.6 Å². The average Bonchev–Trinajstić information content (AvgIpc) is 2.70. The summed E-state index contributed by atoms with van der Waals surface area (Å²) in [7, 11) is 0. The molecule has 0 aliphatic heterocycles. The van der Waals surface area contributed by atoms with Crippen molar-refractivity contribution in [3.63, 3.8) is 0 Å². The summed E-state index contributed by atoms with van der Waals surface area (Å²) in [5, 5.41) is 0. The molecule has 1 heterocycles. The highest BCUT2D eigenvalue weighted by Gasteiger charge is 2.19. The highest BCUT2D eigenvalue weighted by atomic mass is 79.9. The summed E-state index contributed by atoms with van der Waals surface area (Å²) < 4.78 is 28.7. The lowest BCUT2D eigenvalue weighted by molar-refractivity contribution is 0.481. The highest BCUT2D eigenvalue weighted by molar-refractivity contribution is 9.12. The molecule has 19 heavy (non-hydrogen) atoms. The van der Waals surface area contributed by atoms with Gasteiger partial charge < -0.3 is 0 Å². The molecule has 0 spiro atoms. The Hall–Kier alpha value is -0.340. The number of hydrogen-bond acceptors (Lipinski definition) is 3. The smallest absolute Gasteiger partial charge is 0.162 e. The maximum atomic E-state index is 13.7. The minimum absolute atomic E-state index is 0.266. The van der Waals surface area contributed by atoms with Crippen molar-refractivity contribution in [2.75, 3.05) is 0 Å². The molecule has 0 fully saturated rings. The van der Waals surface area contributed by atoms with E-state index >= 15 is 0 Å². The van der Waals surface area contributed by atoms with Gasteiger partial charge in [0, 0.05) is 0 Å². The van der Waals surface area contributed by atoms with E-state index in [0.29, 0.717) is 0 Å². The van der Waals surface area contributed by atoms with Gasteiger partial charge in [-0.1, -0.05) is 12.1 Å². The van der Waals surface area contributed by atoms with Crippen molar-refractivity contribution in [2.24, 2.45) is 5.84 Å². The fourth-order valence-electron chi connectivity index (χ4n) is 1.78. The zero-order chi connectivity index (χ0) is 14.0. The monoisotopic (exact) mass is 410 g/mol. The van der Waals surface area contributed by atoms with Crippen LogP contribution in [0.3, 0.4) is 0 Å². The van der Waals surface area contributed by atoms with E-state index in [9.17, 15) is 8.78 Å². The molecular weight excluding hydrogens is 402 g/mol. The molecule has 2 rings (SSSR count). The van der Waals surface area contributed by atoms with Gasteiger partial charge in [-0.2, -0.15) is 0 Å². The standard InChI is InChI=1S/C12H10Br2F2N2S/c13-10-5-7(12(14)19-10)9(18-17)4-6-2-1-3-8(15)11(6)16/h1-3,5,9,18H,4,17H2. The quantitative estimate of drug-likeness (QED) is 0.581. The molecule has 0 bridgehead atoms. The Morgan fingerprint density at radius 2 is 2.05 bits per heavy atom. The van der Waals surface area contributed by atoms with Crippen LogP contribution in [0.2, 0.25) is 0 Å². The Bertz CT molecular complexity index is 589. The van der Waals surface area contributed by atoms with Crippen molar-refractivity contribution in [3.05, 3.63) is 54.6 Å². The molecule has 0 radical (unpaired) electrons. The first kappa shape index (κ1) is 15.1. The van der Waals surface area contributed by atoms with E-state index in [1.54, 1.807) is 6.07 Å². The Labute approximate surface area is 130 Å². The predicted molar refractivity (Wildman–Crippen MR) is 79.8 cm³/mol. The van der Waals surface area contributed by atoms with Gasteiger partial charge in [0.05, 0.1) is 13.6 Å². The van der Waals surface area contributed by atoms with Crippen molar-refractivity contribution in [1.29, 1.82) is 0 Å². The number of hydrogen-bond donors (Lipinski definition) is 2. The van der Waals surface area contributed by atoms with E-state index in [2.05, 4.69) is 37.3 Å². The first-order valence-corrected chi connectivity index (χ1v) is 7.77. The number of hydrazine groups is 1. The van der Waals surface area contributed by atoms with E-state index in [1.165, 1.54) is 17.4 Å². The van der Waals surface area contributed by atoms with E-state index in [-0.39, 0.29) is 18.0 Å². The van der Waals surface area contributed by atoms with Crippen LogP contribution in [0.1, 0.15) is 17.2 Å². The number of nitrogens with one attached hydrogen (secondary N) is 1. The van der Waals surface area contributed by atoms with Gasteiger partial charge in [-0.05, 0) is 61.5 Å². The lowest BCUT2D eigenvalue weighted by atomic mass is 10.0. The molecule has 0 aliphatic carbocycles. The Kier molecular flexibility index (Phi) is 5.08. The number of rotatable bonds is 4. The van der Waals surface area contributed by atoms with Gasteiger partial charge in [0.25, 0.3) is 0 Å². The van der Waals surface area contributed by atoms with E-state index in [0.717, 1.165) is 19.2 Å². The topological polar surface area (TPSA) is 38.0 Å². The third-order valence-corrected chi connectivity index (χ3v) is 5.10. The number of halogens is 4. The van der Waals surface area contributed by atoms with Crippen molar-refractivity contribution in [1.82, 2.24) is 5.43 Å². The lowest BCUT2D eigenvalue weighted by Crippen LogP contribution is -2.29. The SMILES string of the molecule is NNC(Cc1cccc(F)c1F)c1cc(Br)sc1Br. The minimum atomic E-state index is -0.848. The van der Waals surface area contributed by atoms with Crippen molar-refractivity contribution in [2.45, 2.75) is 12.5 Å². The van der Waals surface area contributed by atoms with Crippen molar-refractivity contribution < 1.29 is 8.78 Å². The number of benzene rings is 1. The first-order valence-electron chi connectivity index (χ1n) is 5.36. The number of thiophene rings is 1. The predicted octanol–water partition coefficient (Wildman–Crippen LogP) is 4.30. The van der Waals surface area contributed by atoms with Gasteiger partial charge in [-0.3, -0.25) is 11.3 Å². The average molecular weight is 412 g/mol. The largest absolute Gasteiger partial charge is 0.271 e. The fraction of sp³-hybridized carbons (Fsp3) is 0.167. The van der Waals surface area contributed by atoms with Crippen LogP contribution < -0.4 is 11.3 Å². The van der Waals surface area contributed by atoms with Crippen LogP contribution in [0.4, 0.5) is 8.78 Å². The molecule has 0 amide bonds. The summed E-state index contributed by atoms with van der Waals surface area (Å²) in [4.78, 5) is 0. The van der Waals surface area contributed by atoms with Crippen molar-refractivity contribution >= 4 is 43.2 Å². The van der Waals surface area contributed by atoms with E-state index in [1.807, 2.05) is 6.07 Å². The fourth-order valence-corrected chi connectivity index (χ4v) is 4.75. The normalized spacial score (nSPS) is 12.7. The second-order valence-electron chi connectivity index (χ2n) is 3.92. The molecule has 0 saturated carbocycles. The Balaban J connectivity index is 2.29. The van der Waals surface area contributed by atoms with Crippen LogP contribution in [0.25, 0.3) is 0 Å². The molecule has 3 N–H and O–H groups in total. The van der Waals surface area contributed by atoms with Crippen LogP contribution in [0.15, 0.2) is 31.8 Å². The summed E-state index contributed by atoms with van der Waals surface area (Å²) in [5.41, 5.74) is 3.83. The highest BCUT2D eigenvalue weighted by Crippen LogP contribution is 2.36. The summed E-state index contributed by atoms with van der Waals surface area (Å²) in [6.07, 6.45) is 0.266. The third-order valence-electron chi connectivity index (χ3n) is 2.72.